The molecule has 0 aliphatic heterocycles. The van der Waals surface area contributed by atoms with Gasteiger partial charge in [-0.05, 0) is 48.6 Å². The highest BCUT2D eigenvalue weighted by molar-refractivity contribution is 5.36. The van der Waals surface area contributed by atoms with Crippen LogP contribution >= 0.6 is 0 Å². The Morgan fingerprint density at radius 1 is 1.16 bits per heavy atom. The lowest BCUT2D eigenvalue weighted by molar-refractivity contribution is 0.273. The number of aromatic nitrogens is 1. The van der Waals surface area contributed by atoms with Gasteiger partial charge in [-0.25, -0.2) is 0 Å². The second-order valence-electron chi connectivity index (χ2n) is 4.52. The summed E-state index contributed by atoms with van der Waals surface area (Å²) in [6.45, 7) is 0.0135. The average Bonchev–Trinajstić information content (AvgIpc) is 2.48. The SMILES string of the molecule is COc1ccc(CCCc2cccnc2)cc1CO. The molecule has 3 heteroatoms. The molecule has 19 heavy (non-hydrogen) atoms. The largest absolute Gasteiger partial charge is 0.496 e. The smallest absolute Gasteiger partial charge is 0.124 e. The monoisotopic (exact) mass is 257 g/mol. The van der Waals surface area contributed by atoms with Crippen molar-refractivity contribution in [3.05, 3.63) is 59.4 Å². The maximum Gasteiger partial charge on any atom is 0.124 e. The van der Waals surface area contributed by atoms with Crippen LogP contribution in [0.25, 0.3) is 0 Å². The highest BCUT2D eigenvalue weighted by Crippen LogP contribution is 2.20. The lowest BCUT2D eigenvalue weighted by atomic mass is 10.0. The summed E-state index contributed by atoms with van der Waals surface area (Å²) in [7, 11) is 1.62. The van der Waals surface area contributed by atoms with Crippen LogP contribution in [-0.4, -0.2) is 17.2 Å². The molecular weight excluding hydrogens is 238 g/mol. The van der Waals surface area contributed by atoms with E-state index in [1.165, 1.54) is 11.1 Å². The lowest BCUT2D eigenvalue weighted by Gasteiger charge is -2.09. The first kappa shape index (κ1) is 13.6. The van der Waals surface area contributed by atoms with Gasteiger partial charge in [0.1, 0.15) is 5.75 Å². The van der Waals surface area contributed by atoms with E-state index < -0.39 is 0 Å². The topological polar surface area (TPSA) is 42.4 Å². The Morgan fingerprint density at radius 3 is 2.68 bits per heavy atom. The highest BCUT2D eigenvalue weighted by atomic mass is 16.5. The second kappa shape index (κ2) is 6.90. The molecule has 0 spiro atoms. The van der Waals surface area contributed by atoms with Crippen LogP contribution in [0.2, 0.25) is 0 Å². The molecule has 1 heterocycles. The number of benzene rings is 1. The fourth-order valence-electron chi connectivity index (χ4n) is 2.15. The van der Waals surface area contributed by atoms with Crippen molar-refractivity contribution in [1.29, 1.82) is 0 Å². The molecule has 0 amide bonds. The van der Waals surface area contributed by atoms with Crippen LogP contribution in [0.5, 0.6) is 5.75 Å². The minimum atomic E-state index is 0.0135. The molecule has 0 unspecified atom stereocenters. The standard InChI is InChI=1S/C16H19NO2/c1-19-16-8-7-13(10-15(16)12-18)4-2-5-14-6-3-9-17-11-14/h3,6-11,18H,2,4-5,12H2,1H3. The maximum atomic E-state index is 9.29. The number of nitrogens with zero attached hydrogens (tertiary/aromatic N) is 1. The van der Waals surface area contributed by atoms with Gasteiger partial charge in [-0.15, -0.1) is 0 Å². The van der Waals surface area contributed by atoms with Crippen LogP contribution in [0.4, 0.5) is 0 Å². The number of methoxy groups -OCH3 is 1. The van der Waals surface area contributed by atoms with Gasteiger partial charge in [0.05, 0.1) is 13.7 Å². The molecule has 0 atom stereocenters. The molecule has 0 saturated carbocycles. The third-order valence-corrected chi connectivity index (χ3v) is 3.17. The van der Waals surface area contributed by atoms with Crippen molar-refractivity contribution in [2.24, 2.45) is 0 Å². The molecule has 1 aromatic carbocycles. The van der Waals surface area contributed by atoms with Crippen molar-refractivity contribution in [3.63, 3.8) is 0 Å². The molecule has 3 nitrogen and oxygen atoms in total. The minimum absolute atomic E-state index is 0.0135. The Bertz CT molecular complexity index is 511. The molecule has 1 aromatic heterocycles. The predicted molar refractivity (Wildman–Crippen MR) is 75.2 cm³/mol. The van der Waals surface area contributed by atoms with Crippen LogP contribution in [0.15, 0.2) is 42.7 Å². The number of pyridine rings is 1. The average molecular weight is 257 g/mol. The first-order valence-corrected chi connectivity index (χ1v) is 6.49. The van der Waals surface area contributed by atoms with Crippen LogP contribution in [0.1, 0.15) is 23.1 Å². The number of hydrogen-bond acceptors (Lipinski definition) is 3. The third-order valence-electron chi connectivity index (χ3n) is 3.17. The summed E-state index contributed by atoms with van der Waals surface area (Å²) in [5, 5.41) is 9.29. The molecule has 0 saturated heterocycles. The number of aliphatic hydroxyl groups excluding tert-OH is 1. The van der Waals surface area contributed by atoms with Gasteiger partial charge >= 0.3 is 0 Å². The molecular formula is C16H19NO2. The number of rotatable bonds is 6. The Morgan fingerprint density at radius 2 is 2.00 bits per heavy atom. The fraction of sp³-hybridized carbons (Fsp3) is 0.312. The summed E-state index contributed by atoms with van der Waals surface area (Å²) in [5.41, 5.74) is 3.34. The molecule has 1 N–H and O–H groups in total. The van der Waals surface area contributed by atoms with Crippen molar-refractivity contribution >= 4 is 0 Å². The van der Waals surface area contributed by atoms with E-state index in [4.69, 9.17) is 4.74 Å². The fourth-order valence-corrected chi connectivity index (χ4v) is 2.15. The summed E-state index contributed by atoms with van der Waals surface area (Å²) < 4.78 is 5.20. The predicted octanol–water partition coefficient (Wildman–Crippen LogP) is 2.76. The molecule has 0 fully saturated rings. The van der Waals surface area contributed by atoms with E-state index in [0.29, 0.717) is 0 Å². The van der Waals surface area contributed by atoms with Gasteiger partial charge in [0, 0.05) is 18.0 Å². The van der Waals surface area contributed by atoms with Crippen LogP contribution in [-0.2, 0) is 19.4 Å². The van der Waals surface area contributed by atoms with Gasteiger partial charge in [-0.2, -0.15) is 0 Å². The van der Waals surface area contributed by atoms with E-state index in [1.54, 1.807) is 13.3 Å². The number of hydrogen-bond donors (Lipinski definition) is 1. The first-order valence-electron chi connectivity index (χ1n) is 6.49. The highest BCUT2D eigenvalue weighted by Gasteiger charge is 2.03. The van der Waals surface area contributed by atoms with Crippen LogP contribution in [0.3, 0.4) is 0 Å². The summed E-state index contributed by atoms with van der Waals surface area (Å²) in [6, 6.07) is 10.1. The van der Waals surface area contributed by atoms with E-state index in [2.05, 4.69) is 17.1 Å². The van der Waals surface area contributed by atoms with Crippen molar-refractivity contribution < 1.29 is 9.84 Å². The normalized spacial score (nSPS) is 10.4. The zero-order chi connectivity index (χ0) is 13.5. The van der Waals surface area contributed by atoms with Gasteiger partial charge < -0.3 is 9.84 Å². The Labute approximate surface area is 113 Å². The summed E-state index contributed by atoms with van der Waals surface area (Å²) in [5.74, 6) is 0.749. The summed E-state index contributed by atoms with van der Waals surface area (Å²) in [4.78, 5) is 4.11. The van der Waals surface area contributed by atoms with Crippen LogP contribution < -0.4 is 4.74 Å². The zero-order valence-electron chi connectivity index (χ0n) is 11.2. The van der Waals surface area contributed by atoms with Gasteiger partial charge in [-0.3, -0.25) is 4.98 Å². The van der Waals surface area contributed by atoms with Gasteiger partial charge in [0.15, 0.2) is 0 Å². The van der Waals surface area contributed by atoms with E-state index >= 15 is 0 Å². The molecule has 0 aliphatic rings. The van der Waals surface area contributed by atoms with E-state index in [1.807, 2.05) is 24.4 Å². The van der Waals surface area contributed by atoms with E-state index in [-0.39, 0.29) is 6.61 Å². The van der Waals surface area contributed by atoms with Crippen molar-refractivity contribution in [2.45, 2.75) is 25.9 Å². The van der Waals surface area contributed by atoms with Crippen molar-refractivity contribution in [2.75, 3.05) is 7.11 Å². The molecule has 0 aliphatic carbocycles. The molecule has 2 aromatic rings. The van der Waals surface area contributed by atoms with Gasteiger partial charge in [0.25, 0.3) is 0 Å². The number of aliphatic hydroxyl groups is 1. The number of aryl methyl sites for hydroxylation is 2. The quantitative estimate of drug-likeness (QED) is 0.865. The molecule has 0 bridgehead atoms. The summed E-state index contributed by atoms with van der Waals surface area (Å²) in [6.07, 6.45) is 6.79. The number of ether oxygens (including phenoxy) is 1. The van der Waals surface area contributed by atoms with Crippen molar-refractivity contribution in [1.82, 2.24) is 4.98 Å². The minimum Gasteiger partial charge on any atom is -0.496 e. The second-order valence-corrected chi connectivity index (χ2v) is 4.52. The maximum absolute atomic E-state index is 9.29. The summed E-state index contributed by atoms with van der Waals surface area (Å²) >= 11 is 0. The van der Waals surface area contributed by atoms with E-state index in [0.717, 1.165) is 30.6 Å². The lowest BCUT2D eigenvalue weighted by Crippen LogP contribution is -1.95. The first-order chi connectivity index (χ1) is 9.33. The Balaban J connectivity index is 1.93. The van der Waals surface area contributed by atoms with Gasteiger partial charge in [-0.1, -0.05) is 12.1 Å². The van der Waals surface area contributed by atoms with E-state index in [9.17, 15) is 5.11 Å². The van der Waals surface area contributed by atoms with Gasteiger partial charge in [0.2, 0.25) is 0 Å². The molecule has 100 valence electrons. The van der Waals surface area contributed by atoms with Crippen LogP contribution in [0, 0.1) is 0 Å². The van der Waals surface area contributed by atoms with Crippen molar-refractivity contribution in [3.8, 4) is 5.75 Å². The third kappa shape index (κ3) is 3.80. The zero-order valence-corrected chi connectivity index (χ0v) is 11.2. The Kier molecular flexibility index (Phi) is 4.93. The molecule has 2 rings (SSSR count). The molecule has 0 radical (unpaired) electrons. The Hall–Kier alpha value is -1.87.